The van der Waals surface area contributed by atoms with Crippen LogP contribution in [0.25, 0.3) is 0 Å². The van der Waals surface area contributed by atoms with Crippen LogP contribution in [-0.4, -0.2) is 35.2 Å². The summed E-state index contributed by atoms with van der Waals surface area (Å²) in [7, 11) is 0. The molecule has 1 heterocycles. The molecule has 11 heavy (non-hydrogen) atoms. The van der Waals surface area contributed by atoms with Crippen molar-refractivity contribution in [1.82, 2.24) is 4.90 Å². The fourth-order valence-electron chi connectivity index (χ4n) is 1.63. The first kappa shape index (κ1) is 8.75. The molecule has 64 valence electrons. The van der Waals surface area contributed by atoms with Gasteiger partial charge < -0.3 is 5.11 Å². The second-order valence-corrected chi connectivity index (χ2v) is 3.31. The summed E-state index contributed by atoms with van der Waals surface area (Å²) in [4.78, 5) is 2.35. The largest absolute Gasteiger partial charge is 0.393 e. The first-order valence-corrected chi connectivity index (χ1v) is 4.27. The minimum absolute atomic E-state index is 0.0777. The summed E-state index contributed by atoms with van der Waals surface area (Å²) < 4.78 is 0. The Morgan fingerprint density at radius 2 is 2.45 bits per heavy atom. The number of piperidine rings is 1. The van der Waals surface area contributed by atoms with E-state index < -0.39 is 0 Å². The van der Waals surface area contributed by atoms with E-state index in [2.05, 4.69) is 18.4 Å². The molecule has 2 atom stereocenters. The lowest BCUT2D eigenvalue weighted by atomic mass is 10.0. The second-order valence-electron chi connectivity index (χ2n) is 3.31. The van der Waals surface area contributed by atoms with E-state index in [-0.39, 0.29) is 6.10 Å². The maximum Gasteiger partial charge on any atom is 0.0567 e. The van der Waals surface area contributed by atoms with Crippen molar-refractivity contribution in [2.45, 2.75) is 31.9 Å². The molecule has 0 aromatic heterocycles. The fraction of sp³-hybridized carbons (Fsp3) is 0.778. The van der Waals surface area contributed by atoms with E-state index in [0.29, 0.717) is 6.04 Å². The van der Waals surface area contributed by atoms with Crippen molar-refractivity contribution < 1.29 is 5.11 Å². The summed E-state index contributed by atoms with van der Waals surface area (Å²) in [5, 5.41) is 9.31. The lowest BCUT2D eigenvalue weighted by Crippen LogP contribution is -2.42. The van der Waals surface area contributed by atoms with E-state index in [9.17, 15) is 5.11 Å². The van der Waals surface area contributed by atoms with Crippen molar-refractivity contribution in [2.24, 2.45) is 0 Å². The molecule has 1 fully saturated rings. The maximum absolute atomic E-state index is 9.31. The molecular formula is C9H17NO. The minimum atomic E-state index is -0.0777. The number of rotatable bonds is 2. The molecule has 2 unspecified atom stereocenters. The van der Waals surface area contributed by atoms with Gasteiger partial charge in [-0.1, -0.05) is 6.08 Å². The van der Waals surface area contributed by atoms with Gasteiger partial charge in [-0.15, -0.1) is 6.58 Å². The standard InChI is InChI=1S/C9H17NO/c1-3-5-10-6-4-9(11)7-8(10)2/h3,8-9,11H,1,4-7H2,2H3. The van der Waals surface area contributed by atoms with Crippen LogP contribution < -0.4 is 0 Å². The number of nitrogens with zero attached hydrogens (tertiary/aromatic N) is 1. The van der Waals surface area contributed by atoms with E-state index in [4.69, 9.17) is 0 Å². The molecule has 0 spiro atoms. The molecule has 2 nitrogen and oxygen atoms in total. The Hall–Kier alpha value is -0.340. The molecule has 0 aliphatic carbocycles. The molecule has 1 aliphatic heterocycles. The van der Waals surface area contributed by atoms with Crippen LogP contribution in [0.4, 0.5) is 0 Å². The molecule has 1 aliphatic rings. The van der Waals surface area contributed by atoms with Crippen LogP contribution in [0.1, 0.15) is 19.8 Å². The van der Waals surface area contributed by atoms with Gasteiger partial charge in [0.05, 0.1) is 6.10 Å². The van der Waals surface area contributed by atoms with Gasteiger partial charge in [0, 0.05) is 19.1 Å². The lowest BCUT2D eigenvalue weighted by molar-refractivity contribution is 0.0547. The van der Waals surface area contributed by atoms with E-state index >= 15 is 0 Å². The van der Waals surface area contributed by atoms with Crippen LogP contribution in [0.5, 0.6) is 0 Å². The molecule has 0 bridgehead atoms. The van der Waals surface area contributed by atoms with Crippen molar-refractivity contribution in [1.29, 1.82) is 0 Å². The molecule has 1 saturated heterocycles. The maximum atomic E-state index is 9.31. The third-order valence-electron chi connectivity index (χ3n) is 2.35. The third kappa shape index (κ3) is 2.31. The van der Waals surface area contributed by atoms with Gasteiger partial charge in [-0.3, -0.25) is 4.90 Å². The van der Waals surface area contributed by atoms with Crippen LogP contribution in [0.15, 0.2) is 12.7 Å². The molecular weight excluding hydrogens is 138 g/mol. The zero-order valence-electron chi connectivity index (χ0n) is 7.16. The smallest absolute Gasteiger partial charge is 0.0567 e. The summed E-state index contributed by atoms with van der Waals surface area (Å²) in [5.74, 6) is 0. The van der Waals surface area contributed by atoms with Gasteiger partial charge in [-0.25, -0.2) is 0 Å². The lowest BCUT2D eigenvalue weighted by Gasteiger charge is -2.34. The minimum Gasteiger partial charge on any atom is -0.393 e. The number of aliphatic hydroxyl groups excluding tert-OH is 1. The van der Waals surface area contributed by atoms with E-state index in [1.165, 1.54) is 0 Å². The number of hydrogen-bond acceptors (Lipinski definition) is 2. The Bertz CT molecular complexity index is 136. The summed E-state index contributed by atoms with van der Waals surface area (Å²) in [5.41, 5.74) is 0. The fourth-order valence-corrected chi connectivity index (χ4v) is 1.63. The van der Waals surface area contributed by atoms with E-state index in [1.807, 2.05) is 6.08 Å². The third-order valence-corrected chi connectivity index (χ3v) is 2.35. The van der Waals surface area contributed by atoms with Gasteiger partial charge in [0.15, 0.2) is 0 Å². The Balaban J connectivity index is 2.37. The molecule has 2 heteroatoms. The summed E-state index contributed by atoms with van der Waals surface area (Å²) in [6.45, 7) is 7.82. The molecule has 0 saturated carbocycles. The highest BCUT2D eigenvalue weighted by Crippen LogP contribution is 2.16. The van der Waals surface area contributed by atoms with Gasteiger partial charge in [0.25, 0.3) is 0 Å². The van der Waals surface area contributed by atoms with Gasteiger partial charge in [-0.05, 0) is 19.8 Å². The first-order chi connectivity index (χ1) is 5.24. The topological polar surface area (TPSA) is 23.5 Å². The predicted octanol–water partition coefficient (Wildman–Crippen LogP) is 1.02. The Morgan fingerprint density at radius 3 is 3.00 bits per heavy atom. The second kappa shape index (κ2) is 3.88. The Kier molecular flexibility index (Phi) is 3.09. The number of aliphatic hydroxyl groups is 1. The highest BCUT2D eigenvalue weighted by Gasteiger charge is 2.22. The highest BCUT2D eigenvalue weighted by atomic mass is 16.3. The first-order valence-electron chi connectivity index (χ1n) is 4.27. The van der Waals surface area contributed by atoms with Crippen LogP contribution in [0.2, 0.25) is 0 Å². The molecule has 1 rings (SSSR count). The molecule has 0 radical (unpaired) electrons. The van der Waals surface area contributed by atoms with Crippen LogP contribution in [0, 0.1) is 0 Å². The zero-order valence-corrected chi connectivity index (χ0v) is 7.16. The summed E-state index contributed by atoms with van der Waals surface area (Å²) in [6, 6.07) is 0.511. The zero-order chi connectivity index (χ0) is 8.27. The molecule has 0 aromatic rings. The van der Waals surface area contributed by atoms with E-state index in [0.717, 1.165) is 25.9 Å². The monoisotopic (exact) mass is 155 g/mol. The average molecular weight is 155 g/mol. The Labute approximate surface area is 68.5 Å². The molecule has 1 N–H and O–H groups in total. The molecule has 0 aromatic carbocycles. The van der Waals surface area contributed by atoms with Crippen LogP contribution in [0.3, 0.4) is 0 Å². The van der Waals surface area contributed by atoms with Gasteiger partial charge >= 0.3 is 0 Å². The van der Waals surface area contributed by atoms with Crippen LogP contribution in [-0.2, 0) is 0 Å². The van der Waals surface area contributed by atoms with Crippen molar-refractivity contribution in [2.75, 3.05) is 13.1 Å². The quantitative estimate of drug-likeness (QED) is 0.602. The SMILES string of the molecule is C=CCN1CCC(O)CC1C. The van der Waals surface area contributed by atoms with Crippen molar-refractivity contribution >= 4 is 0 Å². The van der Waals surface area contributed by atoms with Crippen molar-refractivity contribution in [3.63, 3.8) is 0 Å². The Morgan fingerprint density at radius 1 is 1.73 bits per heavy atom. The van der Waals surface area contributed by atoms with Gasteiger partial charge in [0.2, 0.25) is 0 Å². The number of hydrogen-bond donors (Lipinski definition) is 1. The van der Waals surface area contributed by atoms with Gasteiger partial charge in [0.1, 0.15) is 0 Å². The van der Waals surface area contributed by atoms with Crippen molar-refractivity contribution in [3.8, 4) is 0 Å². The number of likely N-dealkylation sites (tertiary alicyclic amines) is 1. The molecule has 0 amide bonds. The average Bonchev–Trinajstić information content (AvgIpc) is 1.95. The normalized spacial score (nSPS) is 33.6. The van der Waals surface area contributed by atoms with E-state index in [1.54, 1.807) is 0 Å². The van der Waals surface area contributed by atoms with Crippen LogP contribution >= 0.6 is 0 Å². The highest BCUT2D eigenvalue weighted by molar-refractivity contribution is 4.83. The summed E-state index contributed by atoms with van der Waals surface area (Å²) >= 11 is 0. The summed E-state index contributed by atoms with van der Waals surface area (Å²) in [6.07, 6.45) is 3.67. The van der Waals surface area contributed by atoms with Crippen molar-refractivity contribution in [3.05, 3.63) is 12.7 Å². The van der Waals surface area contributed by atoms with Gasteiger partial charge in [-0.2, -0.15) is 0 Å². The predicted molar refractivity (Wildman–Crippen MR) is 46.5 cm³/mol.